The minimum absolute atomic E-state index is 0.155. The zero-order valence-electron chi connectivity index (χ0n) is 17.6. The van der Waals surface area contributed by atoms with Crippen LogP contribution in [0.2, 0.25) is 0 Å². The first-order valence-corrected chi connectivity index (χ1v) is 10.9. The Balaban J connectivity index is 1.26. The van der Waals surface area contributed by atoms with Gasteiger partial charge in [0.05, 0.1) is 24.4 Å². The van der Waals surface area contributed by atoms with Gasteiger partial charge >= 0.3 is 0 Å². The normalized spacial score (nSPS) is 14.6. The van der Waals surface area contributed by atoms with Gasteiger partial charge in [0, 0.05) is 50.9 Å². The molecule has 7 nitrogen and oxygen atoms in total. The van der Waals surface area contributed by atoms with E-state index in [4.69, 9.17) is 9.47 Å². The first-order chi connectivity index (χ1) is 15.1. The number of aromatic nitrogens is 1. The highest BCUT2D eigenvalue weighted by Gasteiger charge is 2.20. The molecule has 1 aromatic heterocycles. The Bertz CT molecular complexity index is 1040. The van der Waals surface area contributed by atoms with Crippen LogP contribution in [-0.2, 0) is 0 Å². The van der Waals surface area contributed by atoms with Crippen molar-refractivity contribution in [3.05, 3.63) is 47.8 Å². The lowest BCUT2D eigenvalue weighted by Crippen LogP contribution is -2.48. The summed E-state index contributed by atoms with van der Waals surface area (Å²) in [6, 6.07) is 9.83. The van der Waals surface area contributed by atoms with Gasteiger partial charge < -0.3 is 19.7 Å². The third-order valence-electron chi connectivity index (χ3n) is 5.31. The summed E-state index contributed by atoms with van der Waals surface area (Å²) in [5.41, 5.74) is 1.34. The number of fused-ring (bicyclic) bond motifs is 1. The summed E-state index contributed by atoms with van der Waals surface area (Å²) in [7, 11) is 3.12. The number of anilines is 1. The van der Waals surface area contributed by atoms with Gasteiger partial charge in [0.25, 0.3) is 5.91 Å². The van der Waals surface area contributed by atoms with E-state index in [2.05, 4.69) is 20.1 Å². The summed E-state index contributed by atoms with van der Waals surface area (Å²) in [6.45, 7) is 4.79. The Hall–Kier alpha value is -2.91. The van der Waals surface area contributed by atoms with Gasteiger partial charge in [-0.25, -0.2) is 9.37 Å². The van der Waals surface area contributed by atoms with Crippen molar-refractivity contribution in [3.8, 4) is 11.5 Å². The van der Waals surface area contributed by atoms with Crippen LogP contribution in [0.1, 0.15) is 10.4 Å². The predicted molar refractivity (Wildman–Crippen MR) is 120 cm³/mol. The number of hydrogen-bond acceptors (Lipinski definition) is 7. The number of halogens is 1. The number of rotatable bonds is 7. The zero-order valence-corrected chi connectivity index (χ0v) is 18.4. The van der Waals surface area contributed by atoms with Crippen molar-refractivity contribution in [3.63, 3.8) is 0 Å². The molecule has 1 aliphatic rings. The summed E-state index contributed by atoms with van der Waals surface area (Å²) >= 11 is 1.52. The van der Waals surface area contributed by atoms with Crippen LogP contribution in [0.4, 0.5) is 9.52 Å². The highest BCUT2D eigenvalue weighted by atomic mass is 32.1. The van der Waals surface area contributed by atoms with Gasteiger partial charge in [-0.3, -0.25) is 9.69 Å². The second kappa shape index (κ2) is 9.49. The first kappa shape index (κ1) is 21.3. The maximum absolute atomic E-state index is 13.4. The third kappa shape index (κ3) is 5.05. The molecular weight excluding hydrogens is 419 g/mol. The maximum Gasteiger partial charge on any atom is 0.251 e. The molecule has 1 saturated heterocycles. The molecule has 164 valence electrons. The Labute approximate surface area is 184 Å². The van der Waals surface area contributed by atoms with E-state index in [-0.39, 0.29) is 11.7 Å². The molecule has 31 heavy (non-hydrogen) atoms. The van der Waals surface area contributed by atoms with Gasteiger partial charge in [-0.1, -0.05) is 11.3 Å². The average molecular weight is 445 g/mol. The van der Waals surface area contributed by atoms with E-state index >= 15 is 0 Å². The lowest BCUT2D eigenvalue weighted by Gasteiger charge is -2.34. The maximum atomic E-state index is 13.4. The van der Waals surface area contributed by atoms with Crippen LogP contribution >= 0.6 is 11.3 Å². The number of nitrogens with one attached hydrogen (secondary N) is 1. The fourth-order valence-corrected chi connectivity index (χ4v) is 4.59. The van der Waals surface area contributed by atoms with E-state index in [1.807, 2.05) is 0 Å². The fourth-order valence-electron chi connectivity index (χ4n) is 3.55. The highest BCUT2D eigenvalue weighted by Crippen LogP contribution is 2.29. The monoisotopic (exact) mass is 444 g/mol. The van der Waals surface area contributed by atoms with E-state index < -0.39 is 0 Å². The number of amides is 1. The van der Waals surface area contributed by atoms with Crippen molar-refractivity contribution in [2.75, 3.05) is 58.4 Å². The number of methoxy groups -OCH3 is 2. The molecule has 3 aromatic rings. The Morgan fingerprint density at radius 1 is 1.10 bits per heavy atom. The second-order valence-corrected chi connectivity index (χ2v) is 8.30. The van der Waals surface area contributed by atoms with E-state index in [0.717, 1.165) is 48.1 Å². The van der Waals surface area contributed by atoms with Crippen LogP contribution in [0.3, 0.4) is 0 Å². The Kier molecular flexibility index (Phi) is 6.53. The molecule has 2 heterocycles. The smallest absolute Gasteiger partial charge is 0.251 e. The van der Waals surface area contributed by atoms with Crippen molar-refractivity contribution in [2.24, 2.45) is 0 Å². The van der Waals surface area contributed by atoms with Crippen molar-refractivity contribution in [2.45, 2.75) is 0 Å². The van der Waals surface area contributed by atoms with Crippen LogP contribution in [-0.4, -0.2) is 69.3 Å². The number of nitrogens with zero attached hydrogens (tertiary/aromatic N) is 3. The quantitative estimate of drug-likeness (QED) is 0.604. The molecule has 4 rings (SSSR count). The number of ether oxygens (including phenoxy) is 2. The summed E-state index contributed by atoms with van der Waals surface area (Å²) in [6.07, 6.45) is 0. The average Bonchev–Trinajstić information content (AvgIpc) is 3.22. The van der Waals surface area contributed by atoms with Crippen molar-refractivity contribution >= 4 is 32.6 Å². The Morgan fingerprint density at radius 3 is 2.48 bits per heavy atom. The lowest BCUT2D eigenvalue weighted by atomic mass is 10.2. The molecule has 0 unspecified atom stereocenters. The van der Waals surface area contributed by atoms with Gasteiger partial charge in [-0.2, -0.15) is 0 Å². The topological polar surface area (TPSA) is 66.9 Å². The molecular formula is C22H25FN4O3S. The van der Waals surface area contributed by atoms with Gasteiger partial charge in [0.15, 0.2) is 5.13 Å². The molecule has 0 saturated carbocycles. The highest BCUT2D eigenvalue weighted by molar-refractivity contribution is 7.22. The summed E-state index contributed by atoms with van der Waals surface area (Å²) in [5, 5.41) is 3.89. The summed E-state index contributed by atoms with van der Waals surface area (Å²) in [4.78, 5) is 21.7. The molecule has 0 radical (unpaired) electrons. The zero-order chi connectivity index (χ0) is 21.8. The lowest BCUT2D eigenvalue weighted by molar-refractivity contribution is 0.0947. The molecule has 1 N–H and O–H groups in total. The standard InChI is InChI=1S/C22H25FN4O3S/c1-29-17-11-15(12-18(14-17)30-2)21(28)24-5-6-26-7-9-27(10-8-26)22-25-19-4-3-16(23)13-20(19)31-22/h3-4,11-14H,5-10H2,1-2H3,(H,24,28). The van der Waals surface area contributed by atoms with E-state index in [0.29, 0.717) is 23.6 Å². The molecule has 1 amide bonds. The van der Waals surface area contributed by atoms with Gasteiger partial charge in [0.2, 0.25) is 0 Å². The van der Waals surface area contributed by atoms with Crippen LogP contribution in [0.5, 0.6) is 11.5 Å². The number of hydrogen-bond donors (Lipinski definition) is 1. The third-order valence-corrected chi connectivity index (χ3v) is 6.39. The first-order valence-electron chi connectivity index (χ1n) is 10.1. The second-order valence-electron chi connectivity index (χ2n) is 7.29. The van der Waals surface area contributed by atoms with Crippen LogP contribution in [0.15, 0.2) is 36.4 Å². The largest absolute Gasteiger partial charge is 0.497 e. The van der Waals surface area contributed by atoms with E-state index in [9.17, 15) is 9.18 Å². The van der Waals surface area contributed by atoms with Gasteiger partial charge in [-0.15, -0.1) is 0 Å². The minimum atomic E-state index is -0.234. The van der Waals surface area contributed by atoms with E-state index in [1.54, 1.807) is 38.5 Å². The molecule has 2 aromatic carbocycles. The van der Waals surface area contributed by atoms with Crippen molar-refractivity contribution in [1.29, 1.82) is 0 Å². The molecule has 0 bridgehead atoms. The number of benzene rings is 2. The van der Waals surface area contributed by atoms with Gasteiger partial charge in [-0.05, 0) is 30.3 Å². The SMILES string of the molecule is COc1cc(OC)cc(C(=O)NCCN2CCN(c3nc4ccc(F)cc4s3)CC2)c1. The number of carbonyl (C=O) groups excluding carboxylic acids is 1. The van der Waals surface area contributed by atoms with Crippen LogP contribution in [0, 0.1) is 5.82 Å². The molecule has 0 atom stereocenters. The molecule has 9 heteroatoms. The number of piperazine rings is 1. The number of thiazole rings is 1. The summed E-state index contributed by atoms with van der Waals surface area (Å²) < 4.78 is 24.7. The summed E-state index contributed by atoms with van der Waals surface area (Å²) in [5.74, 6) is 0.774. The van der Waals surface area contributed by atoms with Crippen LogP contribution < -0.4 is 19.7 Å². The molecule has 0 aliphatic carbocycles. The Morgan fingerprint density at radius 2 is 1.81 bits per heavy atom. The minimum Gasteiger partial charge on any atom is -0.497 e. The van der Waals surface area contributed by atoms with Crippen molar-refractivity contribution < 1.29 is 18.7 Å². The van der Waals surface area contributed by atoms with Gasteiger partial charge in [0.1, 0.15) is 17.3 Å². The fraction of sp³-hybridized carbons (Fsp3) is 0.364. The molecule has 1 aliphatic heterocycles. The predicted octanol–water partition coefficient (Wildman–Crippen LogP) is 3.00. The van der Waals surface area contributed by atoms with E-state index in [1.165, 1.54) is 23.5 Å². The molecule has 0 spiro atoms. The number of carbonyl (C=O) groups is 1. The van der Waals surface area contributed by atoms with Crippen molar-refractivity contribution in [1.82, 2.24) is 15.2 Å². The van der Waals surface area contributed by atoms with Crippen LogP contribution in [0.25, 0.3) is 10.2 Å². The molecule has 1 fully saturated rings.